The zero-order valence-corrected chi connectivity index (χ0v) is 14.4. The van der Waals surface area contributed by atoms with Crippen molar-refractivity contribution in [3.8, 4) is 0 Å². The van der Waals surface area contributed by atoms with E-state index in [1.54, 1.807) is 6.92 Å². The van der Waals surface area contributed by atoms with Crippen LogP contribution in [-0.4, -0.2) is 27.9 Å². The number of amides is 1. The van der Waals surface area contributed by atoms with Crippen molar-refractivity contribution in [2.24, 2.45) is 17.6 Å². The maximum atomic E-state index is 12.6. The zero-order valence-electron chi connectivity index (χ0n) is 13.6. The van der Waals surface area contributed by atoms with Crippen molar-refractivity contribution < 1.29 is 9.72 Å². The summed E-state index contributed by atoms with van der Waals surface area (Å²) in [5.74, 6) is 0.554. The van der Waals surface area contributed by atoms with E-state index in [0.29, 0.717) is 17.5 Å². The van der Waals surface area contributed by atoms with Crippen LogP contribution in [0.15, 0.2) is 12.3 Å². The molecule has 2 atom stereocenters. The van der Waals surface area contributed by atoms with Crippen molar-refractivity contribution >= 4 is 24.0 Å². The second-order valence-electron chi connectivity index (χ2n) is 6.77. The third-order valence-corrected chi connectivity index (χ3v) is 5.20. The van der Waals surface area contributed by atoms with Gasteiger partial charge in [0.05, 0.1) is 16.2 Å². The predicted octanol–water partition coefficient (Wildman–Crippen LogP) is 2.36. The summed E-state index contributed by atoms with van der Waals surface area (Å²) >= 11 is 0. The normalized spacial score (nSPS) is 28.6. The molecule has 0 aliphatic heterocycles. The predicted molar refractivity (Wildman–Crippen MR) is 92.2 cm³/mol. The number of hydrogen-bond acceptors (Lipinski definition) is 5. The lowest BCUT2D eigenvalue weighted by Crippen LogP contribution is -2.53. The van der Waals surface area contributed by atoms with E-state index in [0.717, 1.165) is 25.7 Å². The molecule has 2 bridgehead atoms. The molecular formula is C16H23ClN4O3. The highest BCUT2D eigenvalue weighted by Crippen LogP contribution is 2.39. The van der Waals surface area contributed by atoms with Gasteiger partial charge in [-0.15, -0.1) is 12.4 Å². The molecule has 2 aliphatic rings. The van der Waals surface area contributed by atoms with E-state index < -0.39 is 4.92 Å². The van der Waals surface area contributed by atoms with Crippen molar-refractivity contribution in [2.75, 3.05) is 0 Å². The first-order valence-corrected chi connectivity index (χ1v) is 8.13. The molecule has 0 saturated heterocycles. The number of carbonyl (C=O) groups excluding carboxylic acids is 1. The first-order valence-electron chi connectivity index (χ1n) is 8.13. The van der Waals surface area contributed by atoms with Gasteiger partial charge < -0.3 is 11.1 Å². The summed E-state index contributed by atoms with van der Waals surface area (Å²) in [6.45, 7) is 1.69. The van der Waals surface area contributed by atoms with Crippen LogP contribution in [0.25, 0.3) is 0 Å². The Morgan fingerprint density at radius 3 is 2.58 bits per heavy atom. The topological polar surface area (TPSA) is 111 Å². The first-order chi connectivity index (χ1) is 11.0. The van der Waals surface area contributed by atoms with E-state index in [2.05, 4.69) is 10.3 Å². The second kappa shape index (κ2) is 7.44. The lowest BCUT2D eigenvalue weighted by Gasteiger charge is -2.45. The molecule has 1 aromatic rings. The van der Waals surface area contributed by atoms with E-state index >= 15 is 0 Å². The number of hydrogen-bond donors (Lipinski definition) is 2. The van der Waals surface area contributed by atoms with E-state index in [1.807, 2.05) is 0 Å². The van der Waals surface area contributed by atoms with Crippen LogP contribution in [0.4, 0.5) is 5.69 Å². The smallest absolute Gasteiger partial charge is 0.288 e. The lowest BCUT2D eigenvalue weighted by atomic mass is 9.67. The van der Waals surface area contributed by atoms with Gasteiger partial charge in [-0.2, -0.15) is 0 Å². The van der Waals surface area contributed by atoms with E-state index in [4.69, 9.17) is 5.73 Å². The Balaban J connectivity index is 0.00000208. The maximum Gasteiger partial charge on any atom is 0.288 e. The number of nitrogens with zero attached hydrogens (tertiary/aromatic N) is 2. The number of fused-ring (bicyclic) bond motifs is 2. The monoisotopic (exact) mass is 354 g/mol. The minimum atomic E-state index is -0.530. The molecule has 8 heteroatoms. The van der Waals surface area contributed by atoms with Crippen molar-refractivity contribution in [3.05, 3.63) is 33.6 Å². The number of aryl methyl sites for hydroxylation is 1. The van der Waals surface area contributed by atoms with Gasteiger partial charge in [-0.05, 0) is 44.4 Å². The Hall–Kier alpha value is -1.73. The van der Waals surface area contributed by atoms with Gasteiger partial charge in [0.15, 0.2) is 0 Å². The fraction of sp³-hybridized carbons (Fsp3) is 0.625. The van der Waals surface area contributed by atoms with Gasteiger partial charge in [0, 0.05) is 18.2 Å². The fourth-order valence-electron chi connectivity index (χ4n) is 4.11. The molecule has 24 heavy (non-hydrogen) atoms. The van der Waals surface area contributed by atoms with Crippen molar-refractivity contribution in [3.63, 3.8) is 0 Å². The Kier molecular flexibility index (Phi) is 5.77. The molecule has 3 rings (SSSR count). The fourth-order valence-corrected chi connectivity index (χ4v) is 4.11. The molecule has 2 fully saturated rings. The molecule has 0 aromatic carbocycles. The summed E-state index contributed by atoms with van der Waals surface area (Å²) < 4.78 is 0. The van der Waals surface area contributed by atoms with Crippen LogP contribution >= 0.6 is 12.4 Å². The van der Waals surface area contributed by atoms with Crippen LogP contribution in [-0.2, 0) is 0 Å². The summed E-state index contributed by atoms with van der Waals surface area (Å²) in [6, 6.07) is 1.65. The Labute approximate surface area is 147 Å². The Morgan fingerprint density at radius 1 is 1.38 bits per heavy atom. The largest absolute Gasteiger partial charge is 0.349 e. The highest BCUT2D eigenvalue weighted by molar-refractivity contribution is 5.96. The van der Waals surface area contributed by atoms with Gasteiger partial charge in [0.25, 0.3) is 11.6 Å². The molecule has 2 unspecified atom stereocenters. The second-order valence-corrected chi connectivity index (χ2v) is 6.77. The van der Waals surface area contributed by atoms with Crippen LogP contribution in [0.2, 0.25) is 0 Å². The number of pyridine rings is 1. The van der Waals surface area contributed by atoms with Gasteiger partial charge in [-0.25, -0.2) is 0 Å². The van der Waals surface area contributed by atoms with Gasteiger partial charge in [0.2, 0.25) is 0 Å². The molecule has 132 valence electrons. The standard InChI is InChI=1S/C16H22N4O3.ClH/c1-9-14(7-13(8-18-9)20(22)23)16(21)19-15-10-3-2-4-11(15)6-12(17)5-10;/h7-8,10-12,15H,2-6,17H2,1H3,(H,19,21);1H. The summed E-state index contributed by atoms with van der Waals surface area (Å²) in [7, 11) is 0. The van der Waals surface area contributed by atoms with Crippen molar-refractivity contribution in [1.29, 1.82) is 0 Å². The summed E-state index contributed by atoms with van der Waals surface area (Å²) in [5.41, 5.74) is 6.74. The number of halogens is 1. The Morgan fingerprint density at radius 2 is 2.00 bits per heavy atom. The maximum absolute atomic E-state index is 12.6. The summed E-state index contributed by atoms with van der Waals surface area (Å²) in [4.78, 5) is 27.0. The van der Waals surface area contributed by atoms with Crippen LogP contribution in [0.1, 0.15) is 48.2 Å². The SMILES string of the molecule is Cc1ncc([N+](=O)[O-])cc1C(=O)NC1C2CCCC1CC(N)C2.Cl. The molecule has 3 N–H and O–H groups in total. The van der Waals surface area contributed by atoms with E-state index in [-0.39, 0.29) is 41.6 Å². The number of nitrogens with one attached hydrogen (secondary N) is 1. The summed E-state index contributed by atoms with van der Waals surface area (Å²) in [5, 5.41) is 14.0. The number of carbonyl (C=O) groups is 1. The molecule has 1 amide bonds. The average Bonchev–Trinajstić information content (AvgIpc) is 2.48. The Bertz CT molecular complexity index is 626. The number of rotatable bonds is 3. The van der Waals surface area contributed by atoms with Gasteiger partial charge in [-0.1, -0.05) is 6.42 Å². The quantitative estimate of drug-likeness (QED) is 0.639. The lowest BCUT2D eigenvalue weighted by molar-refractivity contribution is -0.385. The molecule has 2 aliphatic carbocycles. The highest BCUT2D eigenvalue weighted by Gasteiger charge is 2.40. The van der Waals surface area contributed by atoms with Crippen LogP contribution in [0.3, 0.4) is 0 Å². The molecule has 1 heterocycles. The van der Waals surface area contributed by atoms with Gasteiger partial charge in [-0.3, -0.25) is 19.9 Å². The van der Waals surface area contributed by atoms with Crippen molar-refractivity contribution in [2.45, 2.75) is 51.1 Å². The molecule has 7 nitrogen and oxygen atoms in total. The van der Waals surface area contributed by atoms with Gasteiger partial charge in [0.1, 0.15) is 6.20 Å². The van der Waals surface area contributed by atoms with Crippen LogP contribution in [0, 0.1) is 28.9 Å². The van der Waals surface area contributed by atoms with Crippen LogP contribution < -0.4 is 11.1 Å². The number of nitrogens with two attached hydrogens (primary N) is 1. The number of nitro groups is 1. The third kappa shape index (κ3) is 3.67. The van der Waals surface area contributed by atoms with Crippen LogP contribution in [0.5, 0.6) is 0 Å². The highest BCUT2D eigenvalue weighted by atomic mass is 35.5. The molecule has 0 spiro atoms. The van der Waals surface area contributed by atoms with Crippen molar-refractivity contribution in [1.82, 2.24) is 10.3 Å². The third-order valence-electron chi connectivity index (χ3n) is 5.20. The first kappa shape index (κ1) is 18.6. The molecule has 2 saturated carbocycles. The summed E-state index contributed by atoms with van der Waals surface area (Å²) in [6.07, 6.45) is 6.41. The van der Waals surface area contributed by atoms with E-state index in [1.165, 1.54) is 18.7 Å². The molecule has 1 aromatic heterocycles. The van der Waals surface area contributed by atoms with E-state index in [9.17, 15) is 14.9 Å². The molecular weight excluding hydrogens is 332 g/mol. The number of aromatic nitrogens is 1. The minimum Gasteiger partial charge on any atom is -0.349 e. The minimum absolute atomic E-state index is 0. The average molecular weight is 355 g/mol. The zero-order chi connectivity index (χ0) is 16.6. The van der Waals surface area contributed by atoms with Gasteiger partial charge >= 0.3 is 0 Å². The molecule has 0 radical (unpaired) electrons.